The van der Waals surface area contributed by atoms with Gasteiger partial charge in [0, 0.05) is 12.8 Å². The maximum atomic E-state index is 11.7. The number of nitrogens with one attached hydrogen (secondary N) is 2. The molecule has 9 heteroatoms. The molecule has 0 aromatic heterocycles. The highest BCUT2D eigenvalue weighted by Gasteiger charge is 2.52. The Hall–Kier alpha value is -0.680. The van der Waals surface area contributed by atoms with Gasteiger partial charge in [0.05, 0.1) is 12.6 Å². The molecule has 6 atom stereocenters. The summed E-state index contributed by atoms with van der Waals surface area (Å²) in [6.45, 7) is 3.08. The first-order valence-corrected chi connectivity index (χ1v) is 7.84. The average molecular weight is 336 g/mol. The Balaban J connectivity index is 2.90. The highest BCUT2D eigenvalue weighted by Crippen LogP contribution is 2.40. The van der Waals surface area contributed by atoms with E-state index in [1.54, 1.807) is 7.05 Å². The number of carbonyl (C=O) groups is 1. The molecule has 0 aromatic carbocycles. The summed E-state index contributed by atoms with van der Waals surface area (Å²) in [6.07, 6.45) is -4.11. The van der Waals surface area contributed by atoms with Gasteiger partial charge in [-0.15, -0.1) is 11.8 Å². The molecule has 1 fully saturated rings. The molecule has 1 saturated heterocycles. The lowest BCUT2D eigenvalue weighted by atomic mass is 9.94. The van der Waals surface area contributed by atoms with Crippen molar-refractivity contribution in [3.05, 3.63) is 12.7 Å². The largest absolute Gasteiger partial charge is 0.394 e. The molecule has 6 N–H and O–H groups in total. The van der Waals surface area contributed by atoms with Gasteiger partial charge in [-0.1, -0.05) is 6.58 Å². The fourth-order valence-electron chi connectivity index (χ4n) is 2.19. The number of thioether (sulfide) groups is 1. The van der Waals surface area contributed by atoms with Crippen LogP contribution in [0.4, 0.5) is 0 Å². The molecule has 0 aromatic rings. The zero-order valence-corrected chi connectivity index (χ0v) is 13.4. The maximum Gasteiger partial charge on any atom is 0.237 e. The van der Waals surface area contributed by atoms with Gasteiger partial charge in [0.2, 0.25) is 5.91 Å². The second kappa shape index (κ2) is 8.25. The molecule has 0 aliphatic carbocycles. The van der Waals surface area contributed by atoms with E-state index in [0.717, 1.165) is 11.8 Å². The zero-order chi connectivity index (χ0) is 16.9. The van der Waals surface area contributed by atoms with Crippen molar-refractivity contribution in [2.75, 3.05) is 26.5 Å². The van der Waals surface area contributed by atoms with Gasteiger partial charge in [0.25, 0.3) is 0 Å². The summed E-state index contributed by atoms with van der Waals surface area (Å²) >= 11 is 1.06. The number of hydrogen-bond donors (Lipinski definition) is 6. The summed E-state index contributed by atoms with van der Waals surface area (Å²) in [7, 11) is 3.13. The zero-order valence-electron chi connectivity index (χ0n) is 12.6. The van der Waals surface area contributed by atoms with Crippen LogP contribution in [0, 0.1) is 0 Å². The Kier molecular flexibility index (Phi) is 7.26. The van der Waals surface area contributed by atoms with Gasteiger partial charge < -0.3 is 35.8 Å². The summed E-state index contributed by atoms with van der Waals surface area (Å²) in [5.74, 6) is -0.0148. The lowest BCUT2D eigenvalue weighted by Crippen LogP contribution is -2.63. The molecule has 1 rings (SSSR count). The molecule has 1 amide bonds. The normalized spacial score (nSPS) is 36.6. The van der Waals surface area contributed by atoms with E-state index in [2.05, 4.69) is 17.2 Å². The van der Waals surface area contributed by atoms with Gasteiger partial charge in [-0.25, -0.2) is 0 Å². The van der Waals surface area contributed by atoms with Gasteiger partial charge in [0.15, 0.2) is 4.93 Å². The first-order chi connectivity index (χ1) is 10.4. The number of likely N-dealkylation sites (N-methyl/N-ethyl adjacent to an activating group) is 2. The highest BCUT2D eigenvalue weighted by atomic mass is 32.2. The van der Waals surface area contributed by atoms with Crippen LogP contribution in [0.15, 0.2) is 12.7 Å². The minimum Gasteiger partial charge on any atom is -0.394 e. The van der Waals surface area contributed by atoms with Crippen molar-refractivity contribution in [3.8, 4) is 0 Å². The Labute approximate surface area is 133 Å². The quantitative estimate of drug-likeness (QED) is 0.279. The molecule has 128 valence electrons. The summed E-state index contributed by atoms with van der Waals surface area (Å²) in [5.41, 5.74) is 0. The van der Waals surface area contributed by atoms with Gasteiger partial charge >= 0.3 is 0 Å². The van der Waals surface area contributed by atoms with Crippen molar-refractivity contribution in [3.63, 3.8) is 0 Å². The van der Waals surface area contributed by atoms with Crippen LogP contribution >= 0.6 is 11.8 Å². The first kappa shape index (κ1) is 19.4. The number of hydrogen-bond acceptors (Lipinski definition) is 8. The molecule has 1 aliphatic heterocycles. The van der Waals surface area contributed by atoms with Crippen LogP contribution in [-0.2, 0) is 9.53 Å². The van der Waals surface area contributed by atoms with Crippen LogP contribution in [0.1, 0.15) is 0 Å². The molecule has 0 saturated carbocycles. The second-order valence-electron chi connectivity index (χ2n) is 4.96. The van der Waals surface area contributed by atoms with Crippen LogP contribution in [0.5, 0.6) is 0 Å². The maximum absolute atomic E-state index is 11.7. The Morgan fingerprint density at radius 2 is 2.05 bits per heavy atom. The number of aliphatic hydroxyl groups excluding tert-OH is 4. The summed E-state index contributed by atoms with van der Waals surface area (Å²) in [5, 5.41) is 44.5. The molecule has 3 unspecified atom stereocenters. The molecule has 1 heterocycles. The molecule has 0 radical (unpaired) electrons. The first-order valence-electron chi connectivity index (χ1n) is 6.86. The van der Waals surface area contributed by atoms with Gasteiger partial charge in [-0.2, -0.15) is 0 Å². The second-order valence-corrected chi connectivity index (χ2v) is 6.22. The molecule has 0 spiro atoms. The summed E-state index contributed by atoms with van der Waals surface area (Å²) < 4.78 is 5.55. The standard InChI is InChI=1S/C13H24N2O6S/c1-4-13(22-6-7(14-2)12(20)15-3)11(19)10(18)9(17)8(5-16)21-13/h4,7-11,14,16-19H,1,5-6H2,2-3H3,(H,15,20)/t7?,8?,9-,10+,11?,13-/m1/s1. The van der Waals surface area contributed by atoms with E-state index in [-0.39, 0.29) is 11.7 Å². The third-order valence-corrected chi connectivity index (χ3v) is 5.11. The van der Waals surface area contributed by atoms with Crippen LogP contribution in [0.2, 0.25) is 0 Å². The number of aliphatic hydroxyl groups is 4. The minimum absolute atomic E-state index is 0.222. The van der Waals surface area contributed by atoms with Crippen LogP contribution in [0.25, 0.3) is 0 Å². The molecule has 1 aliphatic rings. The molecular formula is C13H24N2O6S. The Bertz CT molecular complexity index is 397. The highest BCUT2D eigenvalue weighted by molar-refractivity contribution is 8.00. The van der Waals surface area contributed by atoms with Crippen molar-refractivity contribution in [1.82, 2.24) is 10.6 Å². The average Bonchev–Trinajstić information content (AvgIpc) is 2.55. The smallest absolute Gasteiger partial charge is 0.237 e. The lowest BCUT2D eigenvalue weighted by Gasteiger charge is -2.46. The van der Waals surface area contributed by atoms with E-state index >= 15 is 0 Å². The van der Waals surface area contributed by atoms with Crippen molar-refractivity contribution in [1.29, 1.82) is 0 Å². The van der Waals surface area contributed by atoms with E-state index in [1.165, 1.54) is 13.1 Å². The monoisotopic (exact) mass is 336 g/mol. The van der Waals surface area contributed by atoms with E-state index in [0.29, 0.717) is 0 Å². The third-order valence-electron chi connectivity index (χ3n) is 3.65. The lowest BCUT2D eigenvalue weighted by molar-refractivity contribution is -0.228. The third kappa shape index (κ3) is 3.80. The molecule has 0 bridgehead atoms. The number of carbonyl (C=O) groups excluding carboxylic acids is 1. The van der Waals surface area contributed by atoms with Gasteiger partial charge in [0.1, 0.15) is 24.4 Å². The minimum atomic E-state index is -1.50. The Morgan fingerprint density at radius 3 is 2.50 bits per heavy atom. The van der Waals surface area contributed by atoms with Crippen molar-refractivity contribution in [2.24, 2.45) is 0 Å². The van der Waals surface area contributed by atoms with Crippen LogP contribution in [-0.4, -0.2) is 88.2 Å². The van der Waals surface area contributed by atoms with Gasteiger partial charge in [-0.05, 0) is 13.1 Å². The van der Waals surface area contributed by atoms with E-state index in [9.17, 15) is 25.2 Å². The predicted molar refractivity (Wildman–Crippen MR) is 82.3 cm³/mol. The SMILES string of the molecule is C=C[C@]1(SCC(NC)C(=O)NC)OC(CO)[C@@H](O)[C@H](O)C1O. The van der Waals surface area contributed by atoms with Crippen molar-refractivity contribution >= 4 is 17.7 Å². The van der Waals surface area contributed by atoms with Crippen LogP contribution < -0.4 is 10.6 Å². The number of ether oxygens (including phenoxy) is 1. The fourth-order valence-corrected chi connectivity index (χ4v) is 3.56. The van der Waals surface area contributed by atoms with E-state index < -0.39 is 42.0 Å². The predicted octanol–water partition coefficient (Wildman–Crippen LogP) is -2.59. The Morgan fingerprint density at radius 1 is 1.41 bits per heavy atom. The summed E-state index contributed by atoms with van der Waals surface area (Å²) in [4.78, 5) is 10.2. The fraction of sp³-hybridized carbons (Fsp3) is 0.769. The number of amides is 1. The van der Waals surface area contributed by atoms with E-state index in [4.69, 9.17) is 4.74 Å². The summed E-state index contributed by atoms with van der Waals surface area (Å²) in [6, 6.07) is -0.542. The topological polar surface area (TPSA) is 131 Å². The van der Waals surface area contributed by atoms with Crippen molar-refractivity contribution < 1.29 is 30.0 Å². The molecule has 8 nitrogen and oxygen atoms in total. The molecular weight excluding hydrogens is 312 g/mol. The van der Waals surface area contributed by atoms with E-state index in [1.807, 2.05) is 0 Å². The van der Waals surface area contributed by atoms with Crippen LogP contribution in [0.3, 0.4) is 0 Å². The number of rotatable bonds is 7. The molecule has 22 heavy (non-hydrogen) atoms. The van der Waals surface area contributed by atoms with Gasteiger partial charge in [-0.3, -0.25) is 4.79 Å². The van der Waals surface area contributed by atoms with Crippen molar-refractivity contribution in [2.45, 2.75) is 35.4 Å².